The predicted octanol–water partition coefficient (Wildman–Crippen LogP) is 1.64. The van der Waals surface area contributed by atoms with E-state index in [1.807, 2.05) is 21.0 Å². The number of aromatic nitrogens is 1. The Morgan fingerprint density at radius 2 is 1.94 bits per heavy atom. The van der Waals surface area contributed by atoms with Crippen LogP contribution in [0.5, 0.6) is 0 Å². The zero-order chi connectivity index (χ0) is 12.8. The molecule has 1 fully saturated rings. The molecule has 94 valence electrons. The Morgan fingerprint density at radius 3 is 2.35 bits per heavy atom. The Balaban J connectivity index is 2.65. The van der Waals surface area contributed by atoms with Crippen molar-refractivity contribution in [2.45, 2.75) is 32.2 Å². The van der Waals surface area contributed by atoms with E-state index < -0.39 is 0 Å². The van der Waals surface area contributed by atoms with Crippen molar-refractivity contribution in [2.24, 2.45) is 7.05 Å². The van der Waals surface area contributed by atoms with Crippen LogP contribution in [0.15, 0.2) is 0 Å². The molecule has 1 aromatic heterocycles. The molecule has 17 heavy (non-hydrogen) atoms. The third-order valence-electron chi connectivity index (χ3n) is 4.08. The van der Waals surface area contributed by atoms with E-state index >= 15 is 0 Å². The van der Waals surface area contributed by atoms with E-state index in [1.54, 1.807) is 0 Å². The fraction of sp³-hybridized carbons (Fsp3) is 0.615. The minimum Gasteiger partial charge on any atom is -0.465 e. The summed E-state index contributed by atoms with van der Waals surface area (Å²) < 4.78 is 6.98. The molecule has 0 amide bonds. The second-order valence-corrected chi connectivity index (χ2v) is 4.80. The van der Waals surface area contributed by atoms with E-state index in [-0.39, 0.29) is 11.5 Å². The third kappa shape index (κ3) is 1.59. The number of nitrogens with zero attached hydrogens (tertiary/aromatic N) is 1. The molecule has 0 unspecified atom stereocenters. The van der Waals surface area contributed by atoms with Gasteiger partial charge in [-0.2, -0.15) is 0 Å². The fourth-order valence-electron chi connectivity index (χ4n) is 2.64. The van der Waals surface area contributed by atoms with Gasteiger partial charge in [0.2, 0.25) is 0 Å². The number of carbonyl (C=O) groups excluding carboxylic acids is 1. The van der Waals surface area contributed by atoms with Crippen molar-refractivity contribution in [2.75, 3.05) is 14.2 Å². The molecule has 0 saturated heterocycles. The fourth-order valence-corrected chi connectivity index (χ4v) is 2.64. The molecule has 1 saturated carbocycles. The summed E-state index contributed by atoms with van der Waals surface area (Å²) in [6.45, 7) is 4.03. The maximum absolute atomic E-state index is 11.9. The van der Waals surface area contributed by atoms with Crippen LogP contribution in [0.3, 0.4) is 0 Å². The molecule has 0 spiro atoms. The van der Waals surface area contributed by atoms with E-state index in [9.17, 15) is 4.79 Å². The first kappa shape index (κ1) is 12.2. The smallest absolute Gasteiger partial charge is 0.340 e. The number of nitrogens with one attached hydrogen (secondary N) is 1. The molecule has 1 aromatic rings. The van der Waals surface area contributed by atoms with Crippen LogP contribution in [-0.2, 0) is 17.3 Å². The first-order chi connectivity index (χ1) is 7.98. The average molecular weight is 236 g/mol. The summed E-state index contributed by atoms with van der Waals surface area (Å²) in [5, 5.41) is 3.35. The zero-order valence-electron chi connectivity index (χ0n) is 11.2. The van der Waals surface area contributed by atoms with Gasteiger partial charge in [-0.25, -0.2) is 4.79 Å². The Morgan fingerprint density at radius 1 is 1.35 bits per heavy atom. The number of ether oxygens (including phenoxy) is 1. The highest BCUT2D eigenvalue weighted by Crippen LogP contribution is 2.49. The van der Waals surface area contributed by atoms with Gasteiger partial charge in [0.05, 0.1) is 12.7 Å². The number of carbonyl (C=O) groups is 1. The Bertz CT molecular complexity index is 470. The molecule has 1 N–H and O–H groups in total. The van der Waals surface area contributed by atoms with Crippen molar-refractivity contribution in [3.05, 3.63) is 22.5 Å². The quantitative estimate of drug-likeness (QED) is 0.811. The SMILES string of the molecule is CNC1(c2c(C(=O)OC)c(C)n(C)c2C)CC1. The topological polar surface area (TPSA) is 43.3 Å². The van der Waals surface area contributed by atoms with Crippen LogP contribution in [0.1, 0.15) is 40.2 Å². The van der Waals surface area contributed by atoms with Gasteiger partial charge in [0.15, 0.2) is 0 Å². The first-order valence-corrected chi connectivity index (χ1v) is 5.92. The van der Waals surface area contributed by atoms with Gasteiger partial charge in [0.1, 0.15) is 0 Å². The largest absolute Gasteiger partial charge is 0.465 e. The second-order valence-electron chi connectivity index (χ2n) is 4.80. The number of methoxy groups -OCH3 is 1. The molecule has 4 nitrogen and oxygen atoms in total. The van der Waals surface area contributed by atoms with Crippen LogP contribution in [0, 0.1) is 13.8 Å². The lowest BCUT2D eigenvalue weighted by atomic mass is 9.99. The van der Waals surface area contributed by atoms with Gasteiger partial charge in [-0.15, -0.1) is 0 Å². The molecule has 1 heterocycles. The first-order valence-electron chi connectivity index (χ1n) is 5.92. The summed E-state index contributed by atoms with van der Waals surface area (Å²) >= 11 is 0. The number of rotatable bonds is 3. The highest BCUT2D eigenvalue weighted by atomic mass is 16.5. The summed E-state index contributed by atoms with van der Waals surface area (Å²) in [6.07, 6.45) is 2.16. The lowest BCUT2D eigenvalue weighted by molar-refractivity contribution is 0.0597. The molecular weight excluding hydrogens is 216 g/mol. The third-order valence-corrected chi connectivity index (χ3v) is 4.08. The van der Waals surface area contributed by atoms with Crippen molar-refractivity contribution < 1.29 is 9.53 Å². The van der Waals surface area contributed by atoms with Gasteiger partial charge in [0, 0.05) is 29.5 Å². The van der Waals surface area contributed by atoms with Crippen molar-refractivity contribution in [3.63, 3.8) is 0 Å². The van der Waals surface area contributed by atoms with E-state index in [4.69, 9.17) is 4.74 Å². The maximum atomic E-state index is 11.9. The van der Waals surface area contributed by atoms with Crippen LogP contribution < -0.4 is 5.32 Å². The molecule has 0 aromatic carbocycles. The molecule has 0 bridgehead atoms. The van der Waals surface area contributed by atoms with E-state index in [0.29, 0.717) is 0 Å². The number of esters is 1. The normalized spacial score (nSPS) is 17.0. The summed E-state index contributed by atoms with van der Waals surface area (Å²) in [5.74, 6) is -0.234. The molecule has 1 aliphatic carbocycles. The van der Waals surface area contributed by atoms with Crippen molar-refractivity contribution >= 4 is 5.97 Å². The van der Waals surface area contributed by atoms with Crippen molar-refractivity contribution in [3.8, 4) is 0 Å². The summed E-state index contributed by atoms with van der Waals surface area (Å²) in [7, 11) is 5.38. The van der Waals surface area contributed by atoms with Gasteiger partial charge >= 0.3 is 5.97 Å². The lowest BCUT2D eigenvalue weighted by Crippen LogP contribution is -2.27. The average Bonchev–Trinajstić information content (AvgIpc) is 3.09. The molecule has 0 atom stereocenters. The van der Waals surface area contributed by atoms with Gasteiger partial charge < -0.3 is 14.6 Å². The number of hydrogen-bond donors (Lipinski definition) is 1. The van der Waals surface area contributed by atoms with E-state index in [1.165, 1.54) is 7.11 Å². The molecule has 2 rings (SSSR count). The number of hydrogen-bond acceptors (Lipinski definition) is 3. The van der Waals surface area contributed by atoms with Crippen molar-refractivity contribution in [1.29, 1.82) is 0 Å². The van der Waals surface area contributed by atoms with Gasteiger partial charge in [0.25, 0.3) is 0 Å². The highest BCUT2D eigenvalue weighted by Gasteiger charge is 2.48. The molecule has 4 heteroatoms. The second kappa shape index (κ2) is 3.88. The summed E-state index contributed by atoms with van der Waals surface area (Å²) in [4.78, 5) is 11.9. The molecule has 1 aliphatic rings. The van der Waals surface area contributed by atoms with Gasteiger partial charge in [-0.3, -0.25) is 0 Å². The lowest BCUT2D eigenvalue weighted by Gasteiger charge is -2.16. The summed E-state index contributed by atoms with van der Waals surface area (Å²) in [5.41, 5.74) is 3.96. The minimum absolute atomic E-state index is 0.0143. The van der Waals surface area contributed by atoms with Crippen LogP contribution >= 0.6 is 0 Å². The monoisotopic (exact) mass is 236 g/mol. The van der Waals surface area contributed by atoms with Crippen LogP contribution in [0.2, 0.25) is 0 Å². The minimum atomic E-state index is -0.234. The van der Waals surface area contributed by atoms with Crippen LogP contribution in [0.25, 0.3) is 0 Å². The molecular formula is C13H20N2O2. The van der Waals surface area contributed by atoms with Gasteiger partial charge in [-0.1, -0.05) is 0 Å². The standard InChI is InChI=1S/C13H20N2O2/c1-8-10(12(16)17-5)11(9(2)15(8)4)13(14-3)6-7-13/h14H,6-7H2,1-5H3. The molecule has 0 aliphatic heterocycles. The van der Waals surface area contributed by atoms with E-state index in [2.05, 4.69) is 16.8 Å². The predicted molar refractivity (Wildman–Crippen MR) is 66.2 cm³/mol. The van der Waals surface area contributed by atoms with Crippen molar-refractivity contribution in [1.82, 2.24) is 9.88 Å². The Hall–Kier alpha value is -1.29. The van der Waals surface area contributed by atoms with E-state index in [0.717, 1.165) is 35.4 Å². The van der Waals surface area contributed by atoms with Crippen LogP contribution in [-0.4, -0.2) is 24.7 Å². The highest BCUT2D eigenvalue weighted by molar-refractivity contribution is 5.93. The zero-order valence-corrected chi connectivity index (χ0v) is 11.2. The van der Waals surface area contributed by atoms with Gasteiger partial charge in [-0.05, 0) is 33.7 Å². The summed E-state index contributed by atoms with van der Waals surface area (Å²) in [6, 6.07) is 0. The van der Waals surface area contributed by atoms with Crippen LogP contribution in [0.4, 0.5) is 0 Å². The molecule has 0 radical (unpaired) electrons. The Labute approximate surface area is 102 Å². The maximum Gasteiger partial charge on any atom is 0.340 e. The Kier molecular flexibility index (Phi) is 2.78.